The first-order valence-electron chi connectivity index (χ1n) is 6.37. The molecule has 0 aliphatic heterocycles. The van der Waals surface area contributed by atoms with Gasteiger partial charge in [-0.3, -0.25) is 4.79 Å². The summed E-state index contributed by atoms with van der Waals surface area (Å²) in [4.78, 5) is 11.9. The van der Waals surface area contributed by atoms with Gasteiger partial charge in [0, 0.05) is 20.3 Å². The predicted molar refractivity (Wildman–Crippen MR) is 76.4 cm³/mol. The number of methoxy groups -OCH3 is 1. The first-order chi connectivity index (χ1) is 9.70. The van der Waals surface area contributed by atoms with Crippen molar-refractivity contribution in [2.75, 3.05) is 45.4 Å². The molecule has 0 atom stereocenters. The van der Waals surface area contributed by atoms with Gasteiger partial charge in [-0.25, -0.2) is 4.68 Å². The van der Waals surface area contributed by atoms with E-state index >= 15 is 0 Å². The highest BCUT2D eigenvalue weighted by atomic mass is 35.5. The fraction of sp³-hybridized carbons (Fsp3) is 0.667. The molecule has 2 N–H and O–H groups in total. The SMILES string of the molecule is COCCn1ncc(NCCCOCCO)c(Cl)c1=O. The minimum atomic E-state index is -0.342. The number of ether oxygens (including phenoxy) is 2. The second-order valence-corrected chi connectivity index (χ2v) is 4.39. The lowest BCUT2D eigenvalue weighted by Crippen LogP contribution is -2.26. The van der Waals surface area contributed by atoms with Crippen molar-refractivity contribution in [2.24, 2.45) is 0 Å². The molecule has 0 aliphatic carbocycles. The van der Waals surface area contributed by atoms with Gasteiger partial charge in [0.1, 0.15) is 5.02 Å². The Morgan fingerprint density at radius 1 is 1.45 bits per heavy atom. The van der Waals surface area contributed by atoms with Crippen LogP contribution in [0.15, 0.2) is 11.0 Å². The number of halogens is 1. The van der Waals surface area contributed by atoms with E-state index in [0.717, 1.165) is 6.42 Å². The van der Waals surface area contributed by atoms with Crippen molar-refractivity contribution in [1.29, 1.82) is 0 Å². The summed E-state index contributed by atoms with van der Waals surface area (Å²) in [5, 5.41) is 15.7. The van der Waals surface area contributed by atoms with Crippen molar-refractivity contribution >= 4 is 17.3 Å². The molecular weight excluding hydrogens is 286 g/mol. The van der Waals surface area contributed by atoms with Crippen LogP contribution in [-0.2, 0) is 16.0 Å². The predicted octanol–water partition coefficient (Wildman–Crippen LogP) is 0.354. The van der Waals surface area contributed by atoms with E-state index in [9.17, 15) is 4.79 Å². The molecule has 0 fully saturated rings. The molecule has 0 aromatic carbocycles. The molecular formula is C12H20ClN3O4. The number of aromatic nitrogens is 2. The normalized spacial score (nSPS) is 10.8. The quantitative estimate of drug-likeness (QED) is 0.607. The molecule has 1 aromatic heterocycles. The molecule has 7 nitrogen and oxygen atoms in total. The average Bonchev–Trinajstić information content (AvgIpc) is 2.46. The van der Waals surface area contributed by atoms with Crippen LogP contribution in [0.5, 0.6) is 0 Å². The lowest BCUT2D eigenvalue weighted by Gasteiger charge is -2.10. The van der Waals surface area contributed by atoms with Crippen molar-refractivity contribution in [2.45, 2.75) is 13.0 Å². The molecule has 1 heterocycles. The van der Waals surface area contributed by atoms with Gasteiger partial charge in [-0.2, -0.15) is 5.10 Å². The monoisotopic (exact) mass is 305 g/mol. The number of anilines is 1. The van der Waals surface area contributed by atoms with Crippen LogP contribution in [-0.4, -0.2) is 55.0 Å². The third-order valence-corrected chi connectivity index (χ3v) is 2.87. The molecule has 1 rings (SSSR count). The summed E-state index contributed by atoms with van der Waals surface area (Å²) < 4.78 is 11.3. The minimum absolute atomic E-state index is 0.0167. The summed E-state index contributed by atoms with van der Waals surface area (Å²) in [5.74, 6) is 0. The second kappa shape index (κ2) is 9.71. The van der Waals surface area contributed by atoms with Gasteiger partial charge in [-0.15, -0.1) is 0 Å². The number of aliphatic hydroxyl groups is 1. The van der Waals surface area contributed by atoms with Crippen LogP contribution < -0.4 is 10.9 Å². The smallest absolute Gasteiger partial charge is 0.287 e. The standard InChI is InChI=1S/C12H20ClN3O4/c1-19-7-4-16-12(18)11(13)10(9-15-16)14-3-2-6-20-8-5-17/h9,14,17H,2-8H2,1H3. The largest absolute Gasteiger partial charge is 0.394 e. The average molecular weight is 306 g/mol. The Hall–Kier alpha value is -1.15. The van der Waals surface area contributed by atoms with Crippen LogP contribution >= 0.6 is 11.6 Å². The highest BCUT2D eigenvalue weighted by Gasteiger charge is 2.08. The van der Waals surface area contributed by atoms with Gasteiger partial charge in [0.2, 0.25) is 0 Å². The van der Waals surface area contributed by atoms with Gasteiger partial charge < -0.3 is 19.9 Å². The topological polar surface area (TPSA) is 85.6 Å². The van der Waals surface area contributed by atoms with Crippen LogP contribution in [0.2, 0.25) is 5.02 Å². The molecule has 0 unspecified atom stereocenters. The van der Waals surface area contributed by atoms with E-state index in [2.05, 4.69) is 10.4 Å². The first kappa shape index (κ1) is 16.9. The number of hydrogen-bond acceptors (Lipinski definition) is 6. The number of nitrogens with zero attached hydrogens (tertiary/aromatic N) is 2. The first-order valence-corrected chi connectivity index (χ1v) is 6.75. The molecule has 1 aromatic rings. The van der Waals surface area contributed by atoms with Crippen molar-refractivity contribution in [3.05, 3.63) is 21.6 Å². The lowest BCUT2D eigenvalue weighted by atomic mass is 10.4. The Bertz CT molecular complexity index is 453. The van der Waals surface area contributed by atoms with Gasteiger partial charge >= 0.3 is 0 Å². The van der Waals surface area contributed by atoms with Gasteiger partial charge in [0.05, 0.1) is 38.2 Å². The molecule has 8 heteroatoms. The molecule has 20 heavy (non-hydrogen) atoms. The Morgan fingerprint density at radius 3 is 2.95 bits per heavy atom. The molecule has 0 bridgehead atoms. The van der Waals surface area contributed by atoms with Gasteiger partial charge in [-0.1, -0.05) is 11.6 Å². The van der Waals surface area contributed by atoms with E-state index in [1.54, 1.807) is 7.11 Å². The van der Waals surface area contributed by atoms with E-state index in [4.69, 9.17) is 26.2 Å². The molecule has 0 radical (unpaired) electrons. The van der Waals surface area contributed by atoms with Crippen molar-refractivity contribution in [3.8, 4) is 0 Å². The van der Waals surface area contributed by atoms with Crippen molar-refractivity contribution in [1.82, 2.24) is 9.78 Å². The molecule has 0 saturated heterocycles. The molecule has 114 valence electrons. The maximum Gasteiger partial charge on any atom is 0.287 e. The molecule has 0 saturated carbocycles. The Morgan fingerprint density at radius 2 is 2.25 bits per heavy atom. The summed E-state index contributed by atoms with van der Waals surface area (Å²) in [6.45, 7) is 2.25. The van der Waals surface area contributed by atoms with E-state index in [-0.39, 0.29) is 17.2 Å². The highest BCUT2D eigenvalue weighted by Crippen LogP contribution is 2.14. The third-order valence-electron chi connectivity index (χ3n) is 2.51. The fourth-order valence-electron chi connectivity index (χ4n) is 1.49. The van der Waals surface area contributed by atoms with Crippen LogP contribution in [0.25, 0.3) is 0 Å². The Labute approximate surface area is 122 Å². The maximum atomic E-state index is 11.9. The van der Waals surface area contributed by atoms with E-state index in [1.165, 1.54) is 10.9 Å². The molecule has 0 spiro atoms. The maximum absolute atomic E-state index is 11.9. The Balaban J connectivity index is 2.47. The molecule has 0 aliphatic rings. The zero-order valence-corrected chi connectivity index (χ0v) is 12.2. The number of aliphatic hydroxyl groups excluding tert-OH is 1. The summed E-state index contributed by atoms with van der Waals surface area (Å²) in [6.07, 6.45) is 2.26. The number of rotatable bonds is 10. The number of nitrogens with one attached hydrogen (secondary N) is 1. The van der Waals surface area contributed by atoms with E-state index in [1.807, 2.05) is 0 Å². The number of hydrogen-bond donors (Lipinski definition) is 2. The Kier molecular flexibility index (Phi) is 8.20. The van der Waals surface area contributed by atoms with Crippen molar-refractivity contribution < 1.29 is 14.6 Å². The summed E-state index contributed by atoms with van der Waals surface area (Å²) in [7, 11) is 1.56. The van der Waals surface area contributed by atoms with Gasteiger partial charge in [0.15, 0.2) is 0 Å². The van der Waals surface area contributed by atoms with Crippen LogP contribution in [0, 0.1) is 0 Å². The second-order valence-electron chi connectivity index (χ2n) is 4.01. The summed E-state index contributed by atoms with van der Waals surface area (Å²) >= 11 is 6.00. The lowest BCUT2D eigenvalue weighted by molar-refractivity contribution is 0.0922. The van der Waals surface area contributed by atoms with Crippen LogP contribution in [0.4, 0.5) is 5.69 Å². The highest BCUT2D eigenvalue weighted by molar-refractivity contribution is 6.32. The zero-order valence-electron chi connectivity index (χ0n) is 11.5. The van der Waals surface area contributed by atoms with Crippen LogP contribution in [0.3, 0.4) is 0 Å². The summed E-state index contributed by atoms with van der Waals surface area (Å²) in [6, 6.07) is 0. The fourth-order valence-corrected chi connectivity index (χ4v) is 1.70. The van der Waals surface area contributed by atoms with Crippen molar-refractivity contribution in [3.63, 3.8) is 0 Å². The van der Waals surface area contributed by atoms with E-state index < -0.39 is 0 Å². The summed E-state index contributed by atoms with van der Waals surface area (Å²) in [5.41, 5.74) is 0.165. The zero-order chi connectivity index (χ0) is 14.8. The molecule has 0 amide bonds. The van der Waals surface area contributed by atoms with Crippen LogP contribution in [0.1, 0.15) is 6.42 Å². The van der Waals surface area contributed by atoms with Gasteiger partial charge in [0.25, 0.3) is 5.56 Å². The van der Waals surface area contributed by atoms with Gasteiger partial charge in [-0.05, 0) is 6.42 Å². The minimum Gasteiger partial charge on any atom is -0.394 e. The third kappa shape index (κ3) is 5.46. The van der Waals surface area contributed by atoms with E-state index in [0.29, 0.717) is 38.6 Å².